The summed E-state index contributed by atoms with van der Waals surface area (Å²) in [7, 11) is 0. The highest BCUT2D eigenvalue weighted by atomic mass is 15.0. The first-order valence-corrected chi connectivity index (χ1v) is 8.79. The molecule has 0 fully saturated rings. The van der Waals surface area contributed by atoms with E-state index in [1.165, 1.54) is 11.1 Å². The lowest BCUT2D eigenvalue weighted by molar-refractivity contribution is 1.12. The molecule has 0 bridgehead atoms. The zero-order valence-electron chi connectivity index (χ0n) is 14.5. The Morgan fingerprint density at radius 3 is 2.23 bits per heavy atom. The first-order chi connectivity index (χ1) is 12.9. The Kier molecular flexibility index (Phi) is 4.74. The van der Waals surface area contributed by atoms with Crippen molar-refractivity contribution < 1.29 is 0 Å². The van der Waals surface area contributed by atoms with Gasteiger partial charge in [0.15, 0.2) is 0 Å². The fourth-order valence-corrected chi connectivity index (χ4v) is 2.93. The SMILES string of the molecule is C(=C/c1cc2ccccc2nc1NCc1ccccc1)/c1ccccc1. The van der Waals surface area contributed by atoms with E-state index in [1.54, 1.807) is 0 Å². The number of anilines is 1. The molecule has 0 aliphatic carbocycles. The fourth-order valence-electron chi connectivity index (χ4n) is 2.93. The smallest absolute Gasteiger partial charge is 0.134 e. The number of hydrogen-bond donors (Lipinski definition) is 1. The molecule has 1 aromatic heterocycles. The topological polar surface area (TPSA) is 24.9 Å². The van der Waals surface area contributed by atoms with Crippen LogP contribution in [0.3, 0.4) is 0 Å². The molecule has 3 aromatic carbocycles. The van der Waals surface area contributed by atoms with Crippen LogP contribution in [0.5, 0.6) is 0 Å². The quantitative estimate of drug-likeness (QED) is 0.482. The first-order valence-electron chi connectivity index (χ1n) is 8.79. The van der Waals surface area contributed by atoms with Crippen LogP contribution in [-0.4, -0.2) is 4.98 Å². The zero-order chi connectivity index (χ0) is 17.6. The van der Waals surface area contributed by atoms with Crippen LogP contribution in [-0.2, 0) is 6.54 Å². The fraction of sp³-hybridized carbons (Fsp3) is 0.0417. The maximum Gasteiger partial charge on any atom is 0.134 e. The highest BCUT2D eigenvalue weighted by Gasteiger charge is 2.05. The molecule has 0 radical (unpaired) electrons. The molecular formula is C24H20N2. The van der Waals surface area contributed by atoms with E-state index >= 15 is 0 Å². The van der Waals surface area contributed by atoms with Crippen molar-refractivity contribution in [3.05, 3.63) is 108 Å². The molecule has 0 spiro atoms. The Morgan fingerprint density at radius 2 is 1.42 bits per heavy atom. The minimum absolute atomic E-state index is 0.748. The average molecular weight is 336 g/mol. The Morgan fingerprint density at radius 1 is 0.731 bits per heavy atom. The third-order valence-electron chi connectivity index (χ3n) is 4.31. The maximum absolute atomic E-state index is 4.84. The number of nitrogens with zero attached hydrogens (tertiary/aromatic N) is 1. The van der Waals surface area contributed by atoms with Crippen LogP contribution in [0.1, 0.15) is 16.7 Å². The van der Waals surface area contributed by atoms with Crippen molar-refractivity contribution in [1.82, 2.24) is 4.98 Å². The maximum atomic E-state index is 4.84. The molecule has 26 heavy (non-hydrogen) atoms. The van der Waals surface area contributed by atoms with Gasteiger partial charge in [-0.05, 0) is 23.3 Å². The zero-order valence-corrected chi connectivity index (χ0v) is 14.5. The number of para-hydroxylation sites is 1. The molecule has 0 saturated carbocycles. The second-order valence-corrected chi connectivity index (χ2v) is 6.20. The summed E-state index contributed by atoms with van der Waals surface area (Å²) in [5, 5.41) is 4.64. The molecular weight excluding hydrogens is 316 g/mol. The van der Waals surface area contributed by atoms with Crippen molar-refractivity contribution in [1.29, 1.82) is 0 Å². The Bertz CT molecular complexity index is 1020. The second kappa shape index (κ2) is 7.66. The van der Waals surface area contributed by atoms with E-state index in [9.17, 15) is 0 Å². The molecule has 0 aliphatic heterocycles. The third kappa shape index (κ3) is 3.81. The minimum atomic E-state index is 0.748. The van der Waals surface area contributed by atoms with Gasteiger partial charge < -0.3 is 5.32 Å². The molecule has 0 saturated heterocycles. The first kappa shape index (κ1) is 16.1. The lowest BCUT2D eigenvalue weighted by Crippen LogP contribution is -2.03. The van der Waals surface area contributed by atoms with Crippen LogP contribution in [0.2, 0.25) is 0 Å². The molecule has 126 valence electrons. The molecule has 0 atom stereocenters. The van der Waals surface area contributed by atoms with E-state index in [0.717, 1.165) is 28.8 Å². The minimum Gasteiger partial charge on any atom is -0.365 e. The number of hydrogen-bond acceptors (Lipinski definition) is 2. The number of nitrogens with one attached hydrogen (secondary N) is 1. The van der Waals surface area contributed by atoms with Gasteiger partial charge in [-0.1, -0.05) is 91.0 Å². The molecule has 4 aromatic rings. The highest BCUT2D eigenvalue weighted by molar-refractivity contribution is 5.86. The monoisotopic (exact) mass is 336 g/mol. The van der Waals surface area contributed by atoms with Crippen molar-refractivity contribution in [3.63, 3.8) is 0 Å². The van der Waals surface area contributed by atoms with Crippen molar-refractivity contribution in [2.75, 3.05) is 5.32 Å². The Hall–Kier alpha value is -3.39. The summed E-state index contributed by atoms with van der Waals surface area (Å²) in [4.78, 5) is 4.84. The van der Waals surface area contributed by atoms with Gasteiger partial charge in [0.2, 0.25) is 0 Å². The van der Waals surface area contributed by atoms with Crippen LogP contribution in [0.25, 0.3) is 23.1 Å². The van der Waals surface area contributed by atoms with E-state index in [2.05, 4.69) is 66.0 Å². The van der Waals surface area contributed by atoms with Gasteiger partial charge in [-0.3, -0.25) is 0 Å². The van der Waals surface area contributed by atoms with Gasteiger partial charge in [0.1, 0.15) is 5.82 Å². The molecule has 1 heterocycles. The summed E-state index contributed by atoms with van der Waals surface area (Å²) < 4.78 is 0. The predicted molar refractivity (Wildman–Crippen MR) is 111 cm³/mol. The summed E-state index contributed by atoms with van der Waals surface area (Å²) in [6.45, 7) is 0.748. The van der Waals surface area contributed by atoms with Gasteiger partial charge in [0.05, 0.1) is 5.52 Å². The summed E-state index contributed by atoms with van der Waals surface area (Å²) >= 11 is 0. The van der Waals surface area contributed by atoms with Crippen molar-refractivity contribution in [2.24, 2.45) is 0 Å². The standard InChI is InChI=1S/C24H20N2/c1-3-9-19(10-4-1)15-16-22-17-21-13-7-8-14-23(21)26-24(22)25-18-20-11-5-2-6-12-20/h1-17H,18H2,(H,25,26)/b16-15-. The van der Waals surface area contributed by atoms with Crippen LogP contribution < -0.4 is 5.32 Å². The van der Waals surface area contributed by atoms with Gasteiger partial charge in [-0.25, -0.2) is 4.98 Å². The molecule has 4 rings (SSSR count). The number of benzene rings is 3. The number of fused-ring (bicyclic) bond motifs is 1. The Balaban J connectivity index is 1.68. The van der Waals surface area contributed by atoms with E-state index in [1.807, 2.05) is 42.5 Å². The molecule has 1 N–H and O–H groups in total. The summed E-state index contributed by atoms with van der Waals surface area (Å²) in [5.41, 5.74) is 4.50. The lowest BCUT2D eigenvalue weighted by Gasteiger charge is -2.11. The Labute approximate surface area is 153 Å². The van der Waals surface area contributed by atoms with Crippen LogP contribution in [0.15, 0.2) is 91.0 Å². The normalized spacial score (nSPS) is 11.1. The lowest BCUT2D eigenvalue weighted by atomic mass is 10.1. The number of aromatic nitrogens is 1. The third-order valence-corrected chi connectivity index (χ3v) is 4.31. The van der Waals surface area contributed by atoms with Crippen molar-refractivity contribution in [3.8, 4) is 0 Å². The summed E-state index contributed by atoms with van der Waals surface area (Å²) in [6, 6.07) is 31.1. The van der Waals surface area contributed by atoms with Gasteiger partial charge in [-0.2, -0.15) is 0 Å². The van der Waals surface area contributed by atoms with Crippen LogP contribution >= 0.6 is 0 Å². The van der Waals surface area contributed by atoms with Gasteiger partial charge in [-0.15, -0.1) is 0 Å². The van der Waals surface area contributed by atoms with E-state index in [-0.39, 0.29) is 0 Å². The van der Waals surface area contributed by atoms with E-state index in [4.69, 9.17) is 4.98 Å². The largest absolute Gasteiger partial charge is 0.365 e. The summed E-state index contributed by atoms with van der Waals surface area (Å²) in [5.74, 6) is 0.903. The molecule has 0 amide bonds. The second-order valence-electron chi connectivity index (χ2n) is 6.20. The van der Waals surface area contributed by atoms with Crippen LogP contribution in [0.4, 0.5) is 5.82 Å². The van der Waals surface area contributed by atoms with Crippen molar-refractivity contribution >= 4 is 28.9 Å². The highest BCUT2D eigenvalue weighted by Crippen LogP contribution is 2.23. The predicted octanol–water partition coefficient (Wildman–Crippen LogP) is 6.02. The van der Waals surface area contributed by atoms with Gasteiger partial charge in [0, 0.05) is 17.5 Å². The molecule has 0 unspecified atom stereocenters. The van der Waals surface area contributed by atoms with E-state index in [0.29, 0.717) is 0 Å². The number of rotatable bonds is 5. The van der Waals surface area contributed by atoms with E-state index < -0.39 is 0 Å². The number of pyridine rings is 1. The van der Waals surface area contributed by atoms with Crippen molar-refractivity contribution in [2.45, 2.75) is 6.54 Å². The average Bonchev–Trinajstić information content (AvgIpc) is 2.72. The van der Waals surface area contributed by atoms with Gasteiger partial charge >= 0.3 is 0 Å². The molecule has 0 aliphatic rings. The molecule has 2 heteroatoms. The van der Waals surface area contributed by atoms with Crippen LogP contribution in [0, 0.1) is 0 Å². The van der Waals surface area contributed by atoms with Gasteiger partial charge in [0.25, 0.3) is 0 Å². The summed E-state index contributed by atoms with van der Waals surface area (Å²) in [6.07, 6.45) is 4.25. The molecule has 2 nitrogen and oxygen atoms in total.